The molecule has 0 fully saturated rings. The minimum Gasteiger partial charge on any atom is -0.309 e. The summed E-state index contributed by atoms with van der Waals surface area (Å²) in [7, 11) is 3.95. The largest absolute Gasteiger partial charge is 0.309 e. The molecule has 0 aliphatic carbocycles. The Morgan fingerprint density at radius 3 is 2.47 bits per heavy atom. The van der Waals surface area contributed by atoms with Crippen LogP contribution >= 0.6 is 35.0 Å². The molecule has 0 radical (unpaired) electrons. The summed E-state index contributed by atoms with van der Waals surface area (Å²) in [6, 6.07) is 7.71. The van der Waals surface area contributed by atoms with Gasteiger partial charge in [-0.2, -0.15) is 0 Å². The summed E-state index contributed by atoms with van der Waals surface area (Å²) in [6.45, 7) is 0.809. The van der Waals surface area contributed by atoms with Crippen LogP contribution in [0.5, 0.6) is 0 Å². The molecule has 0 aliphatic heterocycles. The molecule has 2 nitrogen and oxygen atoms in total. The highest BCUT2D eigenvalue weighted by Crippen LogP contribution is 2.13. The maximum Gasteiger partial charge on any atom is 0.165 e. The fourth-order valence-corrected chi connectivity index (χ4v) is 1.84. The lowest BCUT2D eigenvalue weighted by Crippen LogP contribution is -2.17. The SMILES string of the molecule is CN(C)CCC(=O)c1ccccc1I.Cl. The summed E-state index contributed by atoms with van der Waals surface area (Å²) in [6.07, 6.45) is 0.590. The van der Waals surface area contributed by atoms with Gasteiger partial charge in [-0.05, 0) is 42.8 Å². The van der Waals surface area contributed by atoms with Crippen LogP contribution in [0.25, 0.3) is 0 Å². The van der Waals surface area contributed by atoms with Crippen LogP contribution in [-0.2, 0) is 0 Å². The molecule has 0 N–H and O–H groups in total. The van der Waals surface area contributed by atoms with E-state index in [1.807, 2.05) is 43.3 Å². The number of ketones is 1. The van der Waals surface area contributed by atoms with Crippen molar-refractivity contribution in [3.05, 3.63) is 33.4 Å². The Kier molecular flexibility index (Phi) is 7.13. The molecule has 0 amide bonds. The van der Waals surface area contributed by atoms with Crippen molar-refractivity contribution in [2.45, 2.75) is 6.42 Å². The summed E-state index contributed by atoms with van der Waals surface area (Å²) in [5, 5.41) is 0. The number of carbonyl (C=O) groups is 1. The van der Waals surface area contributed by atoms with Crippen LogP contribution in [-0.4, -0.2) is 31.3 Å². The van der Waals surface area contributed by atoms with Gasteiger partial charge >= 0.3 is 0 Å². The predicted octanol–water partition coefficient (Wildman–Crippen LogP) is 2.85. The molecule has 1 aromatic carbocycles. The summed E-state index contributed by atoms with van der Waals surface area (Å²) in [5.74, 6) is 0.226. The Bertz CT molecular complexity index is 328. The molecule has 0 unspecified atom stereocenters. The first-order valence-corrected chi connectivity index (χ1v) is 5.61. The molecule has 0 atom stereocenters. The summed E-state index contributed by atoms with van der Waals surface area (Å²) in [4.78, 5) is 13.8. The fraction of sp³-hybridized carbons (Fsp3) is 0.364. The molecule has 0 saturated heterocycles. The van der Waals surface area contributed by atoms with Crippen molar-refractivity contribution in [1.82, 2.24) is 4.90 Å². The number of benzene rings is 1. The van der Waals surface area contributed by atoms with Crippen LogP contribution < -0.4 is 0 Å². The van der Waals surface area contributed by atoms with E-state index in [2.05, 4.69) is 22.6 Å². The van der Waals surface area contributed by atoms with Gasteiger partial charge in [0.05, 0.1) is 0 Å². The molecule has 4 heteroatoms. The highest BCUT2D eigenvalue weighted by molar-refractivity contribution is 14.1. The van der Waals surface area contributed by atoms with E-state index in [0.29, 0.717) is 6.42 Å². The normalized spacial score (nSPS) is 9.87. The van der Waals surface area contributed by atoms with Gasteiger partial charge in [0.2, 0.25) is 0 Å². The summed E-state index contributed by atoms with van der Waals surface area (Å²) in [5.41, 5.74) is 0.843. The number of hydrogen-bond donors (Lipinski definition) is 0. The van der Waals surface area contributed by atoms with Crippen molar-refractivity contribution < 1.29 is 4.79 Å². The van der Waals surface area contributed by atoms with Gasteiger partial charge in [-0.15, -0.1) is 12.4 Å². The first-order valence-electron chi connectivity index (χ1n) is 4.53. The van der Waals surface area contributed by atoms with Gasteiger partial charge in [0.15, 0.2) is 5.78 Å². The van der Waals surface area contributed by atoms with Crippen LogP contribution in [0.15, 0.2) is 24.3 Å². The van der Waals surface area contributed by atoms with Gasteiger partial charge in [0.25, 0.3) is 0 Å². The first-order chi connectivity index (χ1) is 6.61. The van der Waals surface area contributed by atoms with Gasteiger partial charge in [0.1, 0.15) is 0 Å². The Labute approximate surface area is 111 Å². The molecular formula is C11H15ClINO. The van der Waals surface area contributed by atoms with Crippen molar-refractivity contribution in [2.24, 2.45) is 0 Å². The lowest BCUT2D eigenvalue weighted by Gasteiger charge is -2.08. The van der Waals surface area contributed by atoms with E-state index >= 15 is 0 Å². The second kappa shape index (κ2) is 7.19. The van der Waals surface area contributed by atoms with Crippen LogP contribution in [0.1, 0.15) is 16.8 Å². The number of Topliss-reactive ketones (excluding diaryl/α,β-unsaturated/α-hetero) is 1. The number of rotatable bonds is 4. The average molecular weight is 340 g/mol. The average Bonchev–Trinajstić information content (AvgIpc) is 2.15. The number of nitrogens with zero attached hydrogens (tertiary/aromatic N) is 1. The Morgan fingerprint density at radius 2 is 1.93 bits per heavy atom. The van der Waals surface area contributed by atoms with E-state index in [-0.39, 0.29) is 18.2 Å². The van der Waals surface area contributed by atoms with Crippen molar-refractivity contribution >= 4 is 40.8 Å². The zero-order valence-corrected chi connectivity index (χ0v) is 11.8. The lowest BCUT2D eigenvalue weighted by atomic mass is 10.1. The molecule has 1 aromatic rings. The third kappa shape index (κ3) is 4.95. The van der Waals surface area contributed by atoms with Gasteiger partial charge in [-0.3, -0.25) is 4.79 Å². The number of halogens is 2. The molecular weight excluding hydrogens is 324 g/mol. The molecule has 0 aliphatic rings. The molecule has 0 spiro atoms. The highest BCUT2D eigenvalue weighted by Gasteiger charge is 2.08. The third-order valence-corrected chi connectivity index (χ3v) is 2.90. The van der Waals surface area contributed by atoms with Crippen LogP contribution in [0, 0.1) is 3.57 Å². The van der Waals surface area contributed by atoms with Crippen molar-refractivity contribution in [1.29, 1.82) is 0 Å². The van der Waals surface area contributed by atoms with E-state index < -0.39 is 0 Å². The van der Waals surface area contributed by atoms with E-state index in [1.165, 1.54) is 0 Å². The van der Waals surface area contributed by atoms with Gasteiger partial charge in [-0.1, -0.05) is 18.2 Å². The fourth-order valence-electron chi connectivity index (χ4n) is 1.15. The summed E-state index contributed by atoms with van der Waals surface area (Å²) >= 11 is 2.20. The molecule has 1 rings (SSSR count). The Morgan fingerprint density at radius 1 is 1.33 bits per heavy atom. The highest BCUT2D eigenvalue weighted by atomic mass is 127. The van der Waals surface area contributed by atoms with Crippen LogP contribution in [0.2, 0.25) is 0 Å². The van der Waals surface area contributed by atoms with Crippen LogP contribution in [0.3, 0.4) is 0 Å². The van der Waals surface area contributed by atoms with Crippen molar-refractivity contribution in [2.75, 3.05) is 20.6 Å². The second-order valence-electron chi connectivity index (χ2n) is 3.46. The molecule has 0 saturated carbocycles. The quantitative estimate of drug-likeness (QED) is 0.621. The summed E-state index contributed by atoms with van der Waals surface area (Å²) < 4.78 is 1.04. The zero-order valence-electron chi connectivity index (χ0n) is 8.87. The number of hydrogen-bond acceptors (Lipinski definition) is 2. The van der Waals surface area contributed by atoms with Gasteiger partial charge < -0.3 is 4.90 Å². The molecule has 0 bridgehead atoms. The van der Waals surface area contributed by atoms with Crippen molar-refractivity contribution in [3.8, 4) is 0 Å². The predicted molar refractivity (Wildman–Crippen MR) is 73.9 cm³/mol. The monoisotopic (exact) mass is 339 g/mol. The molecule has 84 valence electrons. The minimum atomic E-state index is 0. The standard InChI is InChI=1S/C11H14INO.ClH/c1-13(2)8-7-11(14)9-5-3-4-6-10(9)12;/h3-6H,7-8H2,1-2H3;1H. The van der Waals surface area contributed by atoms with E-state index in [0.717, 1.165) is 15.7 Å². The van der Waals surface area contributed by atoms with Crippen molar-refractivity contribution in [3.63, 3.8) is 0 Å². The maximum atomic E-state index is 11.7. The number of carbonyl (C=O) groups excluding carboxylic acids is 1. The van der Waals surface area contributed by atoms with Gasteiger partial charge in [-0.25, -0.2) is 0 Å². The van der Waals surface area contributed by atoms with E-state index in [9.17, 15) is 4.79 Å². The lowest BCUT2D eigenvalue weighted by molar-refractivity contribution is 0.0971. The third-order valence-electron chi connectivity index (χ3n) is 1.96. The Hall–Kier alpha value is -0.130. The minimum absolute atomic E-state index is 0. The topological polar surface area (TPSA) is 20.3 Å². The van der Waals surface area contributed by atoms with Crippen LogP contribution in [0.4, 0.5) is 0 Å². The first kappa shape index (κ1) is 14.9. The zero-order chi connectivity index (χ0) is 10.6. The van der Waals surface area contributed by atoms with Gasteiger partial charge in [0, 0.05) is 22.1 Å². The Balaban J connectivity index is 0.00000196. The smallest absolute Gasteiger partial charge is 0.165 e. The molecule has 0 aromatic heterocycles. The van der Waals surface area contributed by atoms with E-state index in [1.54, 1.807) is 0 Å². The second-order valence-corrected chi connectivity index (χ2v) is 4.62. The van der Waals surface area contributed by atoms with E-state index in [4.69, 9.17) is 0 Å². The maximum absolute atomic E-state index is 11.7. The molecule has 15 heavy (non-hydrogen) atoms. The molecule has 0 heterocycles.